The molecule has 34 heavy (non-hydrogen) atoms. The Bertz CT molecular complexity index is 1140. The molecule has 0 atom stereocenters. The van der Waals surface area contributed by atoms with E-state index in [-0.39, 0.29) is 12.4 Å². The number of esters is 1. The number of hydrogen-bond acceptors (Lipinski definition) is 7. The van der Waals surface area contributed by atoms with Crippen molar-refractivity contribution < 1.29 is 28.5 Å². The lowest BCUT2D eigenvalue weighted by molar-refractivity contribution is -0.123. The minimum absolute atomic E-state index is 0.163. The average Bonchev–Trinajstić information content (AvgIpc) is 2.85. The summed E-state index contributed by atoms with van der Waals surface area (Å²) in [7, 11) is 1.47. The summed E-state index contributed by atoms with van der Waals surface area (Å²) in [4.78, 5) is 24.4. The summed E-state index contributed by atoms with van der Waals surface area (Å²) in [5.41, 5.74) is 4.52. The van der Waals surface area contributed by atoms with Gasteiger partial charge in [-0.1, -0.05) is 17.7 Å². The van der Waals surface area contributed by atoms with Crippen molar-refractivity contribution in [3.63, 3.8) is 0 Å². The molecule has 3 aromatic carbocycles. The number of methoxy groups -OCH3 is 1. The highest BCUT2D eigenvalue weighted by atomic mass is 16.6. The van der Waals surface area contributed by atoms with E-state index < -0.39 is 11.9 Å². The first-order valence-electron chi connectivity index (χ1n) is 10.6. The summed E-state index contributed by atoms with van der Waals surface area (Å²) in [5, 5.41) is 3.93. The van der Waals surface area contributed by atoms with Gasteiger partial charge in [-0.25, -0.2) is 10.2 Å². The molecule has 0 aliphatic carbocycles. The van der Waals surface area contributed by atoms with Crippen molar-refractivity contribution in [2.45, 2.75) is 13.8 Å². The number of carbonyl (C=O) groups excluding carboxylic acids is 2. The molecule has 3 aromatic rings. The Morgan fingerprint density at radius 1 is 0.912 bits per heavy atom. The molecule has 1 N–H and O–H groups in total. The van der Waals surface area contributed by atoms with Crippen molar-refractivity contribution in [3.05, 3.63) is 83.4 Å². The van der Waals surface area contributed by atoms with Gasteiger partial charge in [-0.05, 0) is 74.0 Å². The molecule has 0 aliphatic heterocycles. The highest BCUT2D eigenvalue weighted by molar-refractivity contribution is 5.92. The van der Waals surface area contributed by atoms with Crippen LogP contribution in [0, 0.1) is 6.92 Å². The molecule has 0 aromatic heterocycles. The van der Waals surface area contributed by atoms with Gasteiger partial charge in [-0.15, -0.1) is 0 Å². The number of nitrogens with zero attached hydrogens (tertiary/aromatic N) is 1. The van der Waals surface area contributed by atoms with Crippen LogP contribution in [0.25, 0.3) is 0 Å². The normalized spacial score (nSPS) is 10.6. The second kappa shape index (κ2) is 12.1. The smallest absolute Gasteiger partial charge is 0.343 e. The number of benzene rings is 3. The van der Waals surface area contributed by atoms with Crippen LogP contribution in [0.4, 0.5) is 0 Å². The van der Waals surface area contributed by atoms with E-state index in [1.54, 1.807) is 54.6 Å². The number of rotatable bonds is 10. The molecule has 3 rings (SSSR count). The Morgan fingerprint density at radius 2 is 1.59 bits per heavy atom. The van der Waals surface area contributed by atoms with Crippen molar-refractivity contribution in [1.29, 1.82) is 0 Å². The summed E-state index contributed by atoms with van der Waals surface area (Å²) >= 11 is 0. The van der Waals surface area contributed by atoms with E-state index in [0.29, 0.717) is 35.0 Å². The van der Waals surface area contributed by atoms with Crippen LogP contribution in [0.5, 0.6) is 23.0 Å². The maximum atomic E-state index is 12.5. The number of carbonyl (C=O) groups is 2. The highest BCUT2D eigenvalue weighted by Crippen LogP contribution is 2.28. The van der Waals surface area contributed by atoms with E-state index in [9.17, 15) is 9.59 Å². The molecule has 0 bridgehead atoms. The fourth-order valence-electron chi connectivity index (χ4n) is 2.86. The van der Waals surface area contributed by atoms with Crippen LogP contribution in [0.2, 0.25) is 0 Å². The van der Waals surface area contributed by atoms with Crippen molar-refractivity contribution in [1.82, 2.24) is 5.43 Å². The number of nitrogens with one attached hydrogen (secondary N) is 1. The van der Waals surface area contributed by atoms with E-state index in [2.05, 4.69) is 10.5 Å². The third-order valence-electron chi connectivity index (χ3n) is 4.59. The second-order valence-electron chi connectivity index (χ2n) is 7.15. The Labute approximate surface area is 198 Å². The minimum atomic E-state index is -0.524. The summed E-state index contributed by atoms with van der Waals surface area (Å²) in [6.45, 7) is 4.24. The third kappa shape index (κ3) is 7.09. The topological polar surface area (TPSA) is 95.5 Å². The van der Waals surface area contributed by atoms with Gasteiger partial charge < -0.3 is 18.9 Å². The van der Waals surface area contributed by atoms with Crippen molar-refractivity contribution in [2.24, 2.45) is 5.10 Å². The van der Waals surface area contributed by atoms with Gasteiger partial charge in [0.15, 0.2) is 18.1 Å². The standard InChI is InChI=1S/C26H26N2O6/c1-4-32-21-12-8-20(9-13-21)26(30)34-23-14-7-19(15-24(23)31-3)16-27-28-25(29)17-33-22-10-5-18(2)6-11-22/h5-16H,4,17H2,1-3H3,(H,28,29). The zero-order valence-corrected chi connectivity index (χ0v) is 19.2. The van der Waals surface area contributed by atoms with E-state index in [4.69, 9.17) is 18.9 Å². The van der Waals surface area contributed by atoms with E-state index >= 15 is 0 Å². The van der Waals surface area contributed by atoms with E-state index in [0.717, 1.165) is 5.56 Å². The molecule has 0 saturated heterocycles. The molecule has 176 valence electrons. The van der Waals surface area contributed by atoms with Crippen LogP contribution in [0.3, 0.4) is 0 Å². The average molecular weight is 463 g/mol. The van der Waals surface area contributed by atoms with E-state index in [1.165, 1.54) is 13.3 Å². The van der Waals surface area contributed by atoms with Crippen LogP contribution in [0.1, 0.15) is 28.4 Å². The predicted octanol–water partition coefficient (Wildman–Crippen LogP) is 4.15. The van der Waals surface area contributed by atoms with Crippen LogP contribution >= 0.6 is 0 Å². The Hall–Kier alpha value is -4.33. The first kappa shape index (κ1) is 24.3. The molecule has 0 unspecified atom stereocenters. The summed E-state index contributed by atoms with van der Waals surface area (Å²) in [6, 6.07) is 19.0. The lowest BCUT2D eigenvalue weighted by Crippen LogP contribution is -2.24. The Morgan fingerprint density at radius 3 is 2.26 bits per heavy atom. The summed E-state index contributed by atoms with van der Waals surface area (Å²) in [6.07, 6.45) is 1.45. The molecule has 0 radical (unpaired) electrons. The SMILES string of the molecule is CCOc1ccc(C(=O)Oc2ccc(C=NNC(=O)COc3ccc(C)cc3)cc2OC)cc1. The lowest BCUT2D eigenvalue weighted by atomic mass is 10.2. The third-order valence-corrected chi connectivity index (χ3v) is 4.59. The first-order valence-corrected chi connectivity index (χ1v) is 10.6. The van der Waals surface area contributed by atoms with Gasteiger partial charge in [-0.3, -0.25) is 4.79 Å². The van der Waals surface area contributed by atoms with Crippen LogP contribution < -0.4 is 24.4 Å². The van der Waals surface area contributed by atoms with Crippen molar-refractivity contribution in [3.8, 4) is 23.0 Å². The van der Waals surface area contributed by atoms with Gasteiger partial charge in [-0.2, -0.15) is 5.10 Å². The zero-order chi connectivity index (χ0) is 24.3. The van der Waals surface area contributed by atoms with Crippen LogP contribution in [-0.2, 0) is 4.79 Å². The number of hydrogen-bond donors (Lipinski definition) is 1. The van der Waals surface area contributed by atoms with Crippen molar-refractivity contribution in [2.75, 3.05) is 20.3 Å². The minimum Gasteiger partial charge on any atom is -0.494 e. The largest absolute Gasteiger partial charge is 0.494 e. The van der Waals surface area contributed by atoms with Gasteiger partial charge in [0.1, 0.15) is 11.5 Å². The molecule has 0 heterocycles. The monoisotopic (exact) mass is 462 g/mol. The second-order valence-corrected chi connectivity index (χ2v) is 7.15. The molecule has 0 fully saturated rings. The first-order chi connectivity index (χ1) is 16.5. The van der Waals surface area contributed by atoms with Gasteiger partial charge in [0.25, 0.3) is 5.91 Å². The van der Waals surface area contributed by atoms with Crippen LogP contribution in [0.15, 0.2) is 71.8 Å². The molecular weight excluding hydrogens is 436 g/mol. The maximum Gasteiger partial charge on any atom is 0.343 e. The number of ether oxygens (including phenoxy) is 4. The Kier molecular flexibility index (Phi) is 8.62. The van der Waals surface area contributed by atoms with Gasteiger partial charge in [0, 0.05) is 0 Å². The number of hydrazone groups is 1. The summed E-state index contributed by atoms with van der Waals surface area (Å²) in [5.74, 6) is 0.957. The van der Waals surface area contributed by atoms with Gasteiger partial charge >= 0.3 is 5.97 Å². The molecular formula is C26H26N2O6. The fourth-order valence-corrected chi connectivity index (χ4v) is 2.86. The number of aryl methyl sites for hydroxylation is 1. The van der Waals surface area contributed by atoms with E-state index in [1.807, 2.05) is 26.0 Å². The lowest BCUT2D eigenvalue weighted by Gasteiger charge is -2.10. The van der Waals surface area contributed by atoms with Gasteiger partial charge in [0.2, 0.25) is 0 Å². The predicted molar refractivity (Wildman–Crippen MR) is 128 cm³/mol. The zero-order valence-electron chi connectivity index (χ0n) is 19.2. The molecule has 8 nitrogen and oxygen atoms in total. The Balaban J connectivity index is 1.55. The molecule has 0 aliphatic rings. The quantitative estimate of drug-likeness (QED) is 0.211. The summed E-state index contributed by atoms with van der Waals surface area (Å²) < 4.78 is 21.6. The fraction of sp³-hybridized carbons (Fsp3) is 0.192. The molecule has 8 heteroatoms. The molecule has 0 spiro atoms. The van der Waals surface area contributed by atoms with Gasteiger partial charge in [0.05, 0.1) is 25.5 Å². The highest BCUT2D eigenvalue weighted by Gasteiger charge is 2.13. The molecule has 1 amide bonds. The maximum absolute atomic E-state index is 12.5. The van der Waals surface area contributed by atoms with Crippen LogP contribution in [-0.4, -0.2) is 38.4 Å². The number of amides is 1. The van der Waals surface area contributed by atoms with Crippen molar-refractivity contribution >= 4 is 18.1 Å². The molecule has 0 saturated carbocycles.